The van der Waals surface area contributed by atoms with Gasteiger partial charge in [-0.1, -0.05) is 12.1 Å². The van der Waals surface area contributed by atoms with Gasteiger partial charge >= 0.3 is 0 Å². The van der Waals surface area contributed by atoms with E-state index >= 15 is 0 Å². The SMILES string of the molecule is CCn1cnnc1C1CCN(C(=O)c2cccc(C)c2C)CC1. The number of amides is 1. The Balaban J connectivity index is 1.69. The van der Waals surface area contributed by atoms with Crippen molar-refractivity contribution in [3.05, 3.63) is 47.0 Å². The zero-order valence-electron chi connectivity index (χ0n) is 14.1. The van der Waals surface area contributed by atoms with Gasteiger partial charge < -0.3 is 9.47 Å². The zero-order valence-corrected chi connectivity index (χ0v) is 14.1. The third-order valence-corrected chi connectivity index (χ3v) is 4.97. The van der Waals surface area contributed by atoms with Crippen LogP contribution in [0.4, 0.5) is 0 Å². The summed E-state index contributed by atoms with van der Waals surface area (Å²) in [5, 5.41) is 8.30. The van der Waals surface area contributed by atoms with E-state index in [4.69, 9.17) is 0 Å². The van der Waals surface area contributed by atoms with Crippen LogP contribution in [0.2, 0.25) is 0 Å². The molecule has 0 radical (unpaired) electrons. The average Bonchev–Trinajstić information content (AvgIpc) is 3.05. The standard InChI is InChI=1S/C18H24N4O/c1-4-21-12-19-20-17(21)15-8-10-22(11-9-15)18(23)16-7-5-6-13(2)14(16)3/h5-7,12,15H,4,8-11H2,1-3H3. The molecule has 1 aromatic heterocycles. The highest BCUT2D eigenvalue weighted by molar-refractivity contribution is 5.96. The number of carbonyl (C=O) groups is 1. The monoisotopic (exact) mass is 312 g/mol. The van der Waals surface area contributed by atoms with Crippen LogP contribution in [0.3, 0.4) is 0 Å². The van der Waals surface area contributed by atoms with E-state index in [1.54, 1.807) is 6.33 Å². The smallest absolute Gasteiger partial charge is 0.254 e. The Morgan fingerprint density at radius 3 is 2.70 bits per heavy atom. The zero-order chi connectivity index (χ0) is 16.4. The molecule has 0 saturated carbocycles. The van der Waals surface area contributed by atoms with Gasteiger partial charge in [0, 0.05) is 31.1 Å². The number of rotatable bonds is 3. The van der Waals surface area contributed by atoms with Crippen LogP contribution in [-0.2, 0) is 6.54 Å². The molecule has 1 aliphatic heterocycles. The molecule has 1 fully saturated rings. The van der Waals surface area contributed by atoms with Gasteiger partial charge in [0.05, 0.1) is 0 Å². The van der Waals surface area contributed by atoms with Crippen LogP contribution in [0.25, 0.3) is 0 Å². The third-order valence-electron chi connectivity index (χ3n) is 4.97. The Morgan fingerprint density at radius 1 is 1.26 bits per heavy atom. The lowest BCUT2D eigenvalue weighted by molar-refractivity contribution is 0.0709. The Morgan fingerprint density at radius 2 is 2.00 bits per heavy atom. The maximum absolute atomic E-state index is 12.8. The molecular weight excluding hydrogens is 288 g/mol. The van der Waals surface area contributed by atoms with Crippen LogP contribution in [0, 0.1) is 13.8 Å². The highest BCUT2D eigenvalue weighted by Gasteiger charge is 2.27. The molecule has 122 valence electrons. The van der Waals surface area contributed by atoms with Gasteiger partial charge in [-0.25, -0.2) is 0 Å². The molecular formula is C18H24N4O. The first-order valence-electron chi connectivity index (χ1n) is 8.35. The molecule has 2 heterocycles. The fourth-order valence-corrected chi connectivity index (χ4v) is 3.32. The van der Waals surface area contributed by atoms with E-state index < -0.39 is 0 Å². The molecule has 0 spiro atoms. The van der Waals surface area contributed by atoms with Crippen LogP contribution in [0.1, 0.15) is 53.0 Å². The molecule has 0 unspecified atom stereocenters. The number of aryl methyl sites for hydroxylation is 2. The van der Waals surface area contributed by atoms with Gasteiger partial charge in [0.1, 0.15) is 12.2 Å². The third kappa shape index (κ3) is 3.00. The Bertz CT molecular complexity index is 699. The van der Waals surface area contributed by atoms with Gasteiger partial charge in [-0.15, -0.1) is 10.2 Å². The first-order valence-corrected chi connectivity index (χ1v) is 8.35. The lowest BCUT2D eigenvalue weighted by atomic mass is 9.94. The lowest BCUT2D eigenvalue weighted by Gasteiger charge is -2.32. The van der Waals surface area contributed by atoms with Crippen molar-refractivity contribution in [1.82, 2.24) is 19.7 Å². The maximum Gasteiger partial charge on any atom is 0.254 e. The minimum absolute atomic E-state index is 0.154. The second-order valence-electron chi connectivity index (χ2n) is 6.29. The summed E-state index contributed by atoms with van der Waals surface area (Å²) < 4.78 is 2.10. The molecule has 0 aliphatic carbocycles. The van der Waals surface area contributed by atoms with Gasteiger partial charge in [-0.3, -0.25) is 4.79 Å². The fourth-order valence-electron chi connectivity index (χ4n) is 3.32. The van der Waals surface area contributed by atoms with E-state index in [-0.39, 0.29) is 5.91 Å². The summed E-state index contributed by atoms with van der Waals surface area (Å²) in [6.45, 7) is 8.64. The van der Waals surface area contributed by atoms with E-state index in [0.717, 1.165) is 49.4 Å². The van der Waals surface area contributed by atoms with Gasteiger partial charge in [0.25, 0.3) is 5.91 Å². The van der Waals surface area contributed by atoms with Crippen molar-refractivity contribution in [3.8, 4) is 0 Å². The Labute approximate surface area is 137 Å². The average molecular weight is 312 g/mol. The lowest BCUT2D eigenvalue weighted by Crippen LogP contribution is -2.38. The largest absolute Gasteiger partial charge is 0.339 e. The van der Waals surface area contributed by atoms with Gasteiger partial charge in [0.15, 0.2) is 0 Å². The number of carbonyl (C=O) groups excluding carboxylic acids is 1. The Hall–Kier alpha value is -2.17. The molecule has 3 rings (SSSR count). The number of piperidine rings is 1. The van der Waals surface area contributed by atoms with Crippen LogP contribution in [0.5, 0.6) is 0 Å². The normalized spacial score (nSPS) is 15.9. The molecule has 2 aromatic rings. The quantitative estimate of drug-likeness (QED) is 0.875. The summed E-state index contributed by atoms with van der Waals surface area (Å²) in [6.07, 6.45) is 3.70. The van der Waals surface area contributed by atoms with Crippen molar-refractivity contribution in [1.29, 1.82) is 0 Å². The Kier molecular flexibility index (Phi) is 4.46. The van der Waals surface area contributed by atoms with Gasteiger partial charge in [0.2, 0.25) is 0 Å². The van der Waals surface area contributed by atoms with Crippen LogP contribution in [0.15, 0.2) is 24.5 Å². The number of hydrogen-bond acceptors (Lipinski definition) is 3. The summed E-state index contributed by atoms with van der Waals surface area (Å²) in [6, 6.07) is 5.95. The molecule has 5 heteroatoms. The summed E-state index contributed by atoms with van der Waals surface area (Å²) in [7, 11) is 0. The van der Waals surface area contributed by atoms with E-state index in [1.807, 2.05) is 24.0 Å². The van der Waals surface area contributed by atoms with Crippen molar-refractivity contribution < 1.29 is 4.79 Å². The minimum atomic E-state index is 0.154. The molecule has 5 nitrogen and oxygen atoms in total. The number of hydrogen-bond donors (Lipinski definition) is 0. The molecule has 1 amide bonds. The van der Waals surface area contributed by atoms with Gasteiger partial charge in [-0.05, 0) is 50.8 Å². The van der Waals surface area contributed by atoms with Crippen LogP contribution >= 0.6 is 0 Å². The van der Waals surface area contributed by atoms with Crippen molar-refractivity contribution >= 4 is 5.91 Å². The van der Waals surface area contributed by atoms with E-state index in [0.29, 0.717) is 5.92 Å². The highest BCUT2D eigenvalue weighted by Crippen LogP contribution is 2.27. The summed E-state index contributed by atoms with van der Waals surface area (Å²) in [4.78, 5) is 14.8. The van der Waals surface area contributed by atoms with E-state index in [9.17, 15) is 4.79 Å². The summed E-state index contributed by atoms with van der Waals surface area (Å²) in [5.74, 6) is 1.62. The van der Waals surface area contributed by atoms with E-state index in [2.05, 4.69) is 34.7 Å². The fraction of sp³-hybridized carbons (Fsp3) is 0.500. The van der Waals surface area contributed by atoms with Crippen molar-refractivity contribution in [2.45, 2.75) is 46.1 Å². The molecule has 0 N–H and O–H groups in total. The molecule has 1 aromatic carbocycles. The second-order valence-corrected chi connectivity index (χ2v) is 6.29. The van der Waals surface area contributed by atoms with Crippen molar-refractivity contribution in [3.63, 3.8) is 0 Å². The predicted octanol–water partition coefficient (Wildman–Crippen LogP) is 2.93. The molecule has 1 aliphatic rings. The van der Waals surface area contributed by atoms with Gasteiger partial charge in [-0.2, -0.15) is 0 Å². The van der Waals surface area contributed by atoms with Crippen LogP contribution in [-0.4, -0.2) is 38.7 Å². The maximum atomic E-state index is 12.8. The minimum Gasteiger partial charge on any atom is -0.339 e. The molecule has 0 bridgehead atoms. The van der Waals surface area contributed by atoms with Crippen molar-refractivity contribution in [2.75, 3.05) is 13.1 Å². The number of benzene rings is 1. The number of aromatic nitrogens is 3. The number of nitrogens with zero attached hydrogens (tertiary/aromatic N) is 4. The van der Waals surface area contributed by atoms with E-state index in [1.165, 1.54) is 5.56 Å². The summed E-state index contributed by atoms with van der Waals surface area (Å²) in [5.41, 5.74) is 3.09. The first-order chi connectivity index (χ1) is 11.1. The second kappa shape index (κ2) is 6.52. The highest BCUT2D eigenvalue weighted by atomic mass is 16.2. The number of likely N-dealkylation sites (tertiary alicyclic amines) is 1. The molecule has 23 heavy (non-hydrogen) atoms. The predicted molar refractivity (Wildman–Crippen MR) is 89.5 cm³/mol. The summed E-state index contributed by atoms with van der Waals surface area (Å²) >= 11 is 0. The van der Waals surface area contributed by atoms with Crippen molar-refractivity contribution in [2.24, 2.45) is 0 Å². The topological polar surface area (TPSA) is 51.0 Å². The first kappa shape index (κ1) is 15.7. The molecule has 1 saturated heterocycles. The molecule has 0 atom stereocenters. The van der Waals surface area contributed by atoms with Crippen LogP contribution < -0.4 is 0 Å².